The summed E-state index contributed by atoms with van der Waals surface area (Å²) >= 11 is 7.44. The van der Waals surface area contributed by atoms with Gasteiger partial charge in [0, 0.05) is 21.2 Å². The molecule has 1 N–H and O–H groups in total. The Morgan fingerprint density at radius 1 is 0.844 bits per heavy atom. The highest BCUT2D eigenvalue weighted by atomic mass is 35.5. The van der Waals surface area contributed by atoms with Gasteiger partial charge in [-0.25, -0.2) is 9.78 Å². The number of hydrogen-bond donors (Lipinski definition) is 1. The number of nitrogens with zero attached hydrogens (tertiary/aromatic N) is 1. The molecule has 0 aliphatic rings. The maximum atomic E-state index is 12.7. The van der Waals surface area contributed by atoms with E-state index in [2.05, 4.69) is 4.98 Å². The second-order valence-corrected chi connectivity index (χ2v) is 8.65. The molecule has 0 amide bonds. The highest BCUT2D eigenvalue weighted by Gasteiger charge is 2.16. The molecular weight excluding hydrogens is 444 g/mol. The van der Waals surface area contributed by atoms with Gasteiger partial charge in [-0.3, -0.25) is 5.41 Å². The summed E-state index contributed by atoms with van der Waals surface area (Å²) in [6, 6.07) is 20.6. The molecule has 32 heavy (non-hydrogen) atoms. The maximum absolute atomic E-state index is 12.7. The van der Waals surface area contributed by atoms with E-state index in [1.54, 1.807) is 23.6 Å². The maximum Gasteiger partial charge on any atom is 0.345 e. The Balaban J connectivity index is 1.52. The fourth-order valence-corrected chi connectivity index (χ4v) is 4.85. The van der Waals surface area contributed by atoms with E-state index in [0.29, 0.717) is 38.0 Å². The summed E-state index contributed by atoms with van der Waals surface area (Å²) in [5.74, 6) is 0. The number of nitrogens with one attached hydrogen (secondary N) is 1. The quantitative estimate of drug-likeness (QED) is 0.234. The van der Waals surface area contributed by atoms with E-state index in [1.165, 1.54) is 11.3 Å². The van der Waals surface area contributed by atoms with Crippen molar-refractivity contribution in [2.45, 2.75) is 0 Å². The zero-order valence-corrected chi connectivity index (χ0v) is 18.0. The minimum atomic E-state index is -0.453. The van der Waals surface area contributed by atoms with Crippen molar-refractivity contribution in [2.75, 3.05) is 0 Å². The van der Waals surface area contributed by atoms with Crippen molar-refractivity contribution in [3.05, 3.63) is 93.1 Å². The Hall–Kier alpha value is -3.74. The second-order valence-electron chi connectivity index (χ2n) is 7.36. The standard InChI is InChI=1S/C25H13ClN2O3S/c26-15-6-8-21-14(9-15)10-19(23(27)30-21)24-28-20(12-32-24)18-11-17-16-4-2-1-3-13(16)5-7-22(17)31-25(18)29/h1-12,27H. The van der Waals surface area contributed by atoms with E-state index in [-0.39, 0.29) is 5.55 Å². The van der Waals surface area contributed by atoms with Gasteiger partial charge in [-0.05, 0) is 47.2 Å². The van der Waals surface area contributed by atoms with E-state index in [1.807, 2.05) is 48.5 Å². The topological polar surface area (TPSA) is 80.1 Å². The van der Waals surface area contributed by atoms with Gasteiger partial charge in [0.05, 0.1) is 16.8 Å². The minimum absolute atomic E-state index is 0.00253. The molecule has 0 bridgehead atoms. The van der Waals surface area contributed by atoms with Crippen LogP contribution in [0.2, 0.25) is 5.02 Å². The number of hydrogen-bond acceptors (Lipinski definition) is 6. The van der Waals surface area contributed by atoms with Crippen LogP contribution in [0.3, 0.4) is 0 Å². The van der Waals surface area contributed by atoms with Crippen LogP contribution in [0.5, 0.6) is 0 Å². The molecule has 0 atom stereocenters. The monoisotopic (exact) mass is 456 g/mol. The van der Waals surface area contributed by atoms with Crippen LogP contribution in [0.25, 0.3) is 54.5 Å². The molecule has 154 valence electrons. The lowest BCUT2D eigenvalue weighted by Gasteiger charge is -2.04. The van der Waals surface area contributed by atoms with Crippen molar-refractivity contribution in [1.29, 1.82) is 5.41 Å². The van der Waals surface area contributed by atoms with Gasteiger partial charge in [0.25, 0.3) is 0 Å². The van der Waals surface area contributed by atoms with Gasteiger partial charge in [-0.15, -0.1) is 11.3 Å². The van der Waals surface area contributed by atoms with Crippen LogP contribution in [-0.4, -0.2) is 4.98 Å². The Morgan fingerprint density at radius 3 is 2.59 bits per heavy atom. The minimum Gasteiger partial charge on any atom is -0.438 e. The summed E-state index contributed by atoms with van der Waals surface area (Å²) in [7, 11) is 0. The van der Waals surface area contributed by atoms with Crippen LogP contribution in [0.1, 0.15) is 0 Å². The molecule has 0 spiro atoms. The summed E-state index contributed by atoms with van der Waals surface area (Å²) in [6.07, 6.45) is 0. The molecule has 0 saturated heterocycles. The first-order chi connectivity index (χ1) is 15.6. The van der Waals surface area contributed by atoms with Gasteiger partial charge < -0.3 is 8.83 Å². The molecule has 3 heterocycles. The fraction of sp³-hybridized carbons (Fsp3) is 0. The highest BCUT2D eigenvalue weighted by molar-refractivity contribution is 7.13. The first kappa shape index (κ1) is 19.0. The second kappa shape index (κ2) is 7.15. The van der Waals surface area contributed by atoms with Crippen molar-refractivity contribution >= 4 is 55.6 Å². The Kier molecular flexibility index (Phi) is 4.24. The van der Waals surface area contributed by atoms with Gasteiger partial charge >= 0.3 is 5.63 Å². The molecule has 0 aliphatic carbocycles. The number of thiazole rings is 1. The lowest BCUT2D eigenvalue weighted by molar-refractivity contribution is 0.536. The summed E-state index contributed by atoms with van der Waals surface area (Å²) in [5, 5.41) is 14.9. The Labute approximate surface area is 189 Å². The number of benzene rings is 3. The molecule has 6 rings (SSSR count). The van der Waals surface area contributed by atoms with Crippen molar-refractivity contribution in [2.24, 2.45) is 0 Å². The average Bonchev–Trinajstić information content (AvgIpc) is 3.28. The molecule has 0 fully saturated rings. The molecule has 0 radical (unpaired) electrons. The summed E-state index contributed by atoms with van der Waals surface area (Å²) in [5.41, 5.74) is 2.06. The van der Waals surface area contributed by atoms with Crippen LogP contribution < -0.4 is 11.2 Å². The molecule has 0 unspecified atom stereocenters. The van der Waals surface area contributed by atoms with Gasteiger partial charge in [0.2, 0.25) is 5.55 Å². The largest absolute Gasteiger partial charge is 0.438 e. The predicted octanol–water partition coefficient (Wildman–Crippen LogP) is 6.62. The molecule has 0 saturated carbocycles. The van der Waals surface area contributed by atoms with Gasteiger partial charge in [-0.2, -0.15) is 0 Å². The third-order valence-corrected chi connectivity index (χ3v) is 6.49. The summed E-state index contributed by atoms with van der Waals surface area (Å²) < 4.78 is 11.2. The fourth-order valence-electron chi connectivity index (χ4n) is 3.84. The number of fused-ring (bicyclic) bond motifs is 4. The molecular formula is C25H13ClN2O3S. The zero-order valence-electron chi connectivity index (χ0n) is 16.4. The Morgan fingerprint density at radius 2 is 1.69 bits per heavy atom. The third-order valence-electron chi connectivity index (χ3n) is 5.38. The van der Waals surface area contributed by atoms with Gasteiger partial charge in [0.15, 0.2) is 0 Å². The van der Waals surface area contributed by atoms with Crippen LogP contribution in [0, 0.1) is 5.41 Å². The van der Waals surface area contributed by atoms with Crippen molar-refractivity contribution in [3.63, 3.8) is 0 Å². The smallest absolute Gasteiger partial charge is 0.345 e. The van der Waals surface area contributed by atoms with Crippen molar-refractivity contribution in [1.82, 2.24) is 4.98 Å². The van der Waals surface area contributed by atoms with E-state index >= 15 is 0 Å². The van der Waals surface area contributed by atoms with E-state index in [9.17, 15) is 4.79 Å². The normalized spacial score (nSPS) is 11.5. The SMILES string of the molecule is N=c1oc2ccc(Cl)cc2cc1-c1nc(-c2cc3c(ccc4ccccc43)oc2=O)cs1. The lowest BCUT2D eigenvalue weighted by Crippen LogP contribution is -2.04. The van der Waals surface area contributed by atoms with Gasteiger partial charge in [0.1, 0.15) is 16.2 Å². The summed E-state index contributed by atoms with van der Waals surface area (Å²) in [6.45, 7) is 0. The van der Waals surface area contributed by atoms with Crippen LogP contribution in [-0.2, 0) is 0 Å². The van der Waals surface area contributed by atoms with Gasteiger partial charge in [-0.1, -0.05) is 41.9 Å². The van der Waals surface area contributed by atoms with E-state index in [0.717, 1.165) is 21.5 Å². The molecule has 3 aromatic carbocycles. The van der Waals surface area contributed by atoms with Crippen LogP contribution in [0.4, 0.5) is 0 Å². The van der Waals surface area contributed by atoms with E-state index in [4.69, 9.17) is 25.8 Å². The lowest BCUT2D eigenvalue weighted by atomic mass is 10.0. The first-order valence-electron chi connectivity index (χ1n) is 9.77. The van der Waals surface area contributed by atoms with Crippen molar-refractivity contribution in [3.8, 4) is 21.8 Å². The summed E-state index contributed by atoms with van der Waals surface area (Å²) in [4.78, 5) is 17.4. The first-order valence-corrected chi connectivity index (χ1v) is 11.0. The zero-order chi connectivity index (χ0) is 21.8. The number of aromatic nitrogens is 1. The third kappa shape index (κ3) is 3.04. The van der Waals surface area contributed by atoms with E-state index < -0.39 is 5.63 Å². The highest BCUT2D eigenvalue weighted by Crippen LogP contribution is 2.31. The van der Waals surface area contributed by atoms with Crippen molar-refractivity contribution < 1.29 is 8.83 Å². The number of rotatable bonds is 2. The average molecular weight is 457 g/mol. The number of halogens is 1. The molecule has 0 aliphatic heterocycles. The Bertz CT molecular complexity index is 1800. The predicted molar refractivity (Wildman–Crippen MR) is 127 cm³/mol. The molecule has 3 aromatic heterocycles. The van der Waals surface area contributed by atoms with Crippen LogP contribution >= 0.6 is 22.9 Å². The molecule has 6 aromatic rings. The molecule has 7 heteroatoms. The van der Waals surface area contributed by atoms with Crippen LogP contribution in [0.15, 0.2) is 85.7 Å². The molecule has 5 nitrogen and oxygen atoms in total.